The molecule has 0 aliphatic heterocycles. The lowest BCUT2D eigenvalue weighted by Crippen LogP contribution is -2.36. The Balaban J connectivity index is 5.10. The van der Waals surface area contributed by atoms with Crippen LogP contribution in [0.2, 0.25) is 0 Å². The molecule has 13 heavy (non-hydrogen) atoms. The summed E-state index contributed by atoms with van der Waals surface area (Å²) in [6, 6.07) is 0. The highest BCUT2D eigenvalue weighted by molar-refractivity contribution is 7.65. The van der Waals surface area contributed by atoms with Crippen molar-refractivity contribution in [2.24, 2.45) is 0 Å². The van der Waals surface area contributed by atoms with Gasteiger partial charge in [-0.15, -0.1) is 0 Å². The Morgan fingerprint density at radius 2 is 1.31 bits per heavy atom. The maximum Gasteiger partial charge on any atom is 0.157 e. The summed E-state index contributed by atoms with van der Waals surface area (Å²) in [6.45, 7) is 15.0. The molecule has 0 spiro atoms. The summed E-state index contributed by atoms with van der Waals surface area (Å²) >= 11 is 0. The van der Waals surface area contributed by atoms with E-state index < -0.39 is 7.29 Å². The van der Waals surface area contributed by atoms with Gasteiger partial charge in [-0.05, 0) is 6.54 Å². The Kier molecular flexibility index (Phi) is 3.80. The highest BCUT2D eigenvalue weighted by atomic mass is 31.2. The van der Waals surface area contributed by atoms with E-state index in [9.17, 15) is 4.57 Å². The fraction of sp³-hybridized carbons (Fsp3) is 1.00. The molecule has 0 radical (unpaired) electrons. The van der Waals surface area contributed by atoms with Crippen molar-refractivity contribution in [2.75, 3.05) is 6.54 Å². The van der Waals surface area contributed by atoms with Gasteiger partial charge in [0.2, 0.25) is 0 Å². The molecule has 0 saturated carbocycles. The van der Waals surface area contributed by atoms with E-state index in [0.717, 1.165) is 6.54 Å². The SMILES string of the molecule is CCNP(=O)(C(C)(C)C)C(C)(C)C. The lowest BCUT2D eigenvalue weighted by Gasteiger charge is -2.41. The summed E-state index contributed by atoms with van der Waals surface area (Å²) in [5.74, 6) is 0. The Bertz CT molecular complexity index is 192. The number of hydrogen-bond donors (Lipinski definition) is 1. The van der Waals surface area contributed by atoms with E-state index in [2.05, 4.69) is 5.09 Å². The highest BCUT2D eigenvalue weighted by Gasteiger charge is 2.45. The molecule has 0 amide bonds. The van der Waals surface area contributed by atoms with Crippen LogP contribution in [0, 0.1) is 0 Å². The van der Waals surface area contributed by atoms with Gasteiger partial charge in [0.1, 0.15) is 0 Å². The van der Waals surface area contributed by atoms with E-state index in [-0.39, 0.29) is 10.3 Å². The van der Waals surface area contributed by atoms with Crippen LogP contribution < -0.4 is 5.09 Å². The molecule has 1 N–H and O–H groups in total. The van der Waals surface area contributed by atoms with E-state index in [4.69, 9.17) is 0 Å². The predicted molar refractivity (Wildman–Crippen MR) is 60.8 cm³/mol. The lowest BCUT2D eigenvalue weighted by atomic mass is 10.2. The van der Waals surface area contributed by atoms with Gasteiger partial charge in [-0.25, -0.2) is 0 Å². The minimum atomic E-state index is -2.34. The summed E-state index contributed by atoms with van der Waals surface area (Å²) in [6.07, 6.45) is 0. The predicted octanol–water partition coefficient (Wildman–Crippen LogP) is 3.47. The molecule has 0 aromatic heterocycles. The molecule has 0 bridgehead atoms. The molecule has 0 aliphatic carbocycles. The van der Waals surface area contributed by atoms with Gasteiger partial charge in [0.15, 0.2) is 7.29 Å². The third kappa shape index (κ3) is 2.57. The lowest BCUT2D eigenvalue weighted by molar-refractivity contribution is 0.505. The van der Waals surface area contributed by atoms with Gasteiger partial charge in [0, 0.05) is 10.3 Å². The van der Waals surface area contributed by atoms with Crippen molar-refractivity contribution >= 4 is 7.29 Å². The quantitative estimate of drug-likeness (QED) is 0.699. The molecule has 0 unspecified atom stereocenters. The van der Waals surface area contributed by atoms with E-state index in [1.165, 1.54) is 0 Å². The van der Waals surface area contributed by atoms with Crippen LogP contribution in [0.4, 0.5) is 0 Å². The van der Waals surface area contributed by atoms with Gasteiger partial charge in [-0.1, -0.05) is 48.5 Å². The zero-order valence-corrected chi connectivity index (χ0v) is 11.0. The summed E-state index contributed by atoms with van der Waals surface area (Å²) in [5.41, 5.74) is 0. The minimum Gasteiger partial charge on any atom is -0.306 e. The average Bonchev–Trinajstić information content (AvgIpc) is 1.82. The summed E-state index contributed by atoms with van der Waals surface area (Å²) in [7, 11) is -2.34. The number of hydrogen-bond acceptors (Lipinski definition) is 1. The Labute approximate surface area is 82.9 Å². The van der Waals surface area contributed by atoms with E-state index in [1.807, 2.05) is 48.5 Å². The monoisotopic (exact) mass is 205 g/mol. The van der Waals surface area contributed by atoms with Gasteiger partial charge in [0.25, 0.3) is 0 Å². The van der Waals surface area contributed by atoms with Gasteiger partial charge in [-0.3, -0.25) is 5.09 Å². The molecule has 0 fully saturated rings. The number of nitrogens with one attached hydrogen (secondary N) is 1. The maximum atomic E-state index is 12.7. The van der Waals surface area contributed by atoms with Crippen molar-refractivity contribution < 1.29 is 4.57 Å². The third-order valence-corrected chi connectivity index (χ3v) is 6.81. The molecule has 0 heterocycles. The maximum absolute atomic E-state index is 12.7. The molecule has 0 atom stereocenters. The van der Waals surface area contributed by atoms with Gasteiger partial charge >= 0.3 is 0 Å². The van der Waals surface area contributed by atoms with Crippen molar-refractivity contribution in [3.05, 3.63) is 0 Å². The van der Waals surface area contributed by atoms with Gasteiger partial charge in [0.05, 0.1) is 0 Å². The first-order valence-electron chi connectivity index (χ1n) is 4.91. The number of rotatable bonds is 2. The Morgan fingerprint density at radius 1 is 1.00 bits per heavy atom. The van der Waals surface area contributed by atoms with Crippen LogP contribution in [0.15, 0.2) is 0 Å². The molecule has 2 nitrogen and oxygen atoms in total. The molecular weight excluding hydrogens is 181 g/mol. The molecular formula is C10H24NOP. The normalized spacial score (nSPS) is 14.7. The second-order valence-electron chi connectivity index (χ2n) is 5.46. The molecule has 80 valence electrons. The molecule has 3 heteroatoms. The van der Waals surface area contributed by atoms with Gasteiger partial charge < -0.3 is 4.57 Å². The molecule has 0 aromatic carbocycles. The van der Waals surface area contributed by atoms with Crippen LogP contribution in [-0.2, 0) is 4.57 Å². The van der Waals surface area contributed by atoms with Crippen molar-refractivity contribution in [3.63, 3.8) is 0 Å². The Hall–Kier alpha value is 0.190. The van der Waals surface area contributed by atoms with E-state index in [1.54, 1.807) is 0 Å². The molecule has 0 rings (SSSR count). The highest BCUT2D eigenvalue weighted by Crippen LogP contribution is 2.63. The summed E-state index contributed by atoms with van der Waals surface area (Å²) in [4.78, 5) is 0. The Morgan fingerprint density at radius 3 is 1.38 bits per heavy atom. The molecule has 0 aromatic rings. The second kappa shape index (κ2) is 3.74. The van der Waals surface area contributed by atoms with Crippen molar-refractivity contribution in [3.8, 4) is 0 Å². The second-order valence-corrected chi connectivity index (χ2v) is 9.68. The van der Waals surface area contributed by atoms with Crippen molar-refractivity contribution in [1.29, 1.82) is 0 Å². The summed E-state index contributed by atoms with van der Waals surface area (Å²) in [5, 5.41) is 2.86. The standard InChI is InChI=1S/C10H24NOP/c1-8-11-13(12,9(2,3)4)10(5,6)7/h8H2,1-7H3,(H,11,12). The first-order chi connectivity index (χ1) is 5.56. The van der Waals surface area contributed by atoms with Crippen molar-refractivity contribution in [2.45, 2.75) is 58.8 Å². The topological polar surface area (TPSA) is 29.1 Å². The first kappa shape index (κ1) is 13.2. The van der Waals surface area contributed by atoms with Crippen LogP contribution in [-0.4, -0.2) is 16.9 Å². The minimum absolute atomic E-state index is 0.165. The molecule has 0 aliphatic rings. The van der Waals surface area contributed by atoms with E-state index in [0.29, 0.717) is 0 Å². The largest absolute Gasteiger partial charge is 0.306 e. The smallest absolute Gasteiger partial charge is 0.157 e. The van der Waals surface area contributed by atoms with Crippen LogP contribution >= 0.6 is 7.29 Å². The zero-order chi connectivity index (χ0) is 10.9. The van der Waals surface area contributed by atoms with Gasteiger partial charge in [-0.2, -0.15) is 0 Å². The van der Waals surface area contributed by atoms with Crippen LogP contribution in [0.25, 0.3) is 0 Å². The summed E-state index contributed by atoms with van der Waals surface area (Å²) < 4.78 is 12.7. The van der Waals surface area contributed by atoms with Crippen molar-refractivity contribution in [1.82, 2.24) is 5.09 Å². The van der Waals surface area contributed by atoms with Crippen LogP contribution in [0.3, 0.4) is 0 Å². The van der Waals surface area contributed by atoms with E-state index >= 15 is 0 Å². The fourth-order valence-electron chi connectivity index (χ4n) is 1.70. The average molecular weight is 205 g/mol. The van der Waals surface area contributed by atoms with Crippen LogP contribution in [0.1, 0.15) is 48.5 Å². The molecule has 0 saturated heterocycles. The van der Waals surface area contributed by atoms with Crippen LogP contribution in [0.5, 0.6) is 0 Å². The first-order valence-corrected chi connectivity index (χ1v) is 6.62. The third-order valence-electron chi connectivity index (χ3n) is 2.27. The fourth-order valence-corrected chi connectivity index (χ4v) is 5.11. The zero-order valence-electron chi connectivity index (χ0n) is 10.1.